The first-order chi connectivity index (χ1) is 9.09. The Morgan fingerprint density at radius 3 is 3.00 bits per heavy atom. The average Bonchev–Trinajstić information content (AvgIpc) is 2.90. The Morgan fingerprint density at radius 1 is 1.58 bits per heavy atom. The lowest BCUT2D eigenvalue weighted by atomic mass is 10.0. The first-order valence-electron chi connectivity index (χ1n) is 6.18. The van der Waals surface area contributed by atoms with Crippen molar-refractivity contribution in [2.24, 2.45) is 0 Å². The Morgan fingerprint density at radius 2 is 2.37 bits per heavy atom. The van der Waals surface area contributed by atoms with Gasteiger partial charge in [0.15, 0.2) is 0 Å². The highest BCUT2D eigenvalue weighted by Gasteiger charge is 2.33. The van der Waals surface area contributed by atoms with Crippen molar-refractivity contribution in [3.8, 4) is 0 Å². The molecular formula is C11H17N5O3. The zero-order chi connectivity index (χ0) is 13.8. The largest absolute Gasteiger partial charge is 0.480 e. The molecule has 2 amide bonds. The molecule has 104 valence electrons. The van der Waals surface area contributed by atoms with E-state index in [1.807, 2.05) is 0 Å². The summed E-state index contributed by atoms with van der Waals surface area (Å²) in [5.41, 5.74) is 0. The van der Waals surface area contributed by atoms with Gasteiger partial charge in [-0.1, -0.05) is 0 Å². The van der Waals surface area contributed by atoms with Gasteiger partial charge in [0.25, 0.3) is 0 Å². The number of rotatable bonds is 3. The second-order valence-electron chi connectivity index (χ2n) is 4.61. The summed E-state index contributed by atoms with van der Waals surface area (Å²) in [6, 6.07) is -1.01. The number of nitrogens with one attached hydrogen (secondary N) is 1. The Hall–Kier alpha value is -2.12. The van der Waals surface area contributed by atoms with Crippen LogP contribution in [-0.2, 0) is 11.3 Å². The minimum Gasteiger partial charge on any atom is -0.480 e. The van der Waals surface area contributed by atoms with E-state index in [4.69, 9.17) is 5.11 Å². The van der Waals surface area contributed by atoms with E-state index in [9.17, 15) is 9.59 Å². The fourth-order valence-electron chi connectivity index (χ4n) is 2.24. The number of hydrogen-bond donors (Lipinski definition) is 2. The summed E-state index contributed by atoms with van der Waals surface area (Å²) >= 11 is 0. The number of aliphatic carboxylic acids is 1. The number of carbonyl (C=O) groups is 2. The number of amides is 2. The summed E-state index contributed by atoms with van der Waals surface area (Å²) in [6.45, 7) is 0.762. The van der Waals surface area contributed by atoms with E-state index in [-0.39, 0.29) is 12.6 Å². The molecule has 1 fully saturated rings. The summed E-state index contributed by atoms with van der Waals surface area (Å²) in [5, 5.41) is 15.5. The fraction of sp³-hybridized carbons (Fsp3) is 0.636. The van der Waals surface area contributed by atoms with Crippen molar-refractivity contribution < 1.29 is 14.7 Å². The molecule has 8 heteroatoms. The number of carboxylic acid groups (broad SMARTS) is 1. The van der Waals surface area contributed by atoms with Crippen molar-refractivity contribution in [2.75, 3.05) is 13.6 Å². The standard InChI is InChI=1S/C11H17N5O3/c1-15(6-9-12-7-13-14-9)11(19)16-5-3-2-4-8(16)10(17)18/h7-8H,2-6H2,1H3,(H,17,18)(H,12,13,14). The van der Waals surface area contributed by atoms with Gasteiger partial charge in [0.2, 0.25) is 0 Å². The van der Waals surface area contributed by atoms with Crippen LogP contribution in [0.25, 0.3) is 0 Å². The topological polar surface area (TPSA) is 102 Å². The van der Waals surface area contributed by atoms with Crippen LogP contribution in [0.4, 0.5) is 4.79 Å². The lowest BCUT2D eigenvalue weighted by Gasteiger charge is -2.35. The molecule has 0 saturated carbocycles. The highest BCUT2D eigenvalue weighted by Crippen LogP contribution is 2.19. The SMILES string of the molecule is CN(Cc1ncn[nH]1)C(=O)N1CCCCC1C(=O)O. The van der Waals surface area contributed by atoms with Gasteiger partial charge in [-0.3, -0.25) is 5.10 Å². The predicted octanol–water partition coefficient (Wildman–Crippen LogP) is 0.296. The molecule has 0 bridgehead atoms. The van der Waals surface area contributed by atoms with Gasteiger partial charge in [0.05, 0.1) is 6.54 Å². The van der Waals surface area contributed by atoms with Crippen LogP contribution in [0.15, 0.2) is 6.33 Å². The number of aromatic nitrogens is 3. The Kier molecular flexibility index (Phi) is 3.98. The van der Waals surface area contributed by atoms with Crippen molar-refractivity contribution in [3.63, 3.8) is 0 Å². The second-order valence-corrected chi connectivity index (χ2v) is 4.61. The predicted molar refractivity (Wildman–Crippen MR) is 65.2 cm³/mol. The number of nitrogens with zero attached hydrogens (tertiary/aromatic N) is 4. The van der Waals surface area contributed by atoms with Crippen molar-refractivity contribution in [3.05, 3.63) is 12.2 Å². The summed E-state index contributed by atoms with van der Waals surface area (Å²) in [7, 11) is 1.62. The third-order valence-corrected chi connectivity index (χ3v) is 3.21. The van der Waals surface area contributed by atoms with Gasteiger partial charge in [-0.05, 0) is 19.3 Å². The van der Waals surface area contributed by atoms with Crippen molar-refractivity contribution in [1.82, 2.24) is 25.0 Å². The van der Waals surface area contributed by atoms with Crippen LogP contribution in [0.3, 0.4) is 0 Å². The number of likely N-dealkylation sites (tertiary alicyclic amines) is 1. The van der Waals surface area contributed by atoms with Crippen LogP contribution in [0.1, 0.15) is 25.1 Å². The smallest absolute Gasteiger partial charge is 0.326 e. The highest BCUT2D eigenvalue weighted by molar-refractivity contribution is 5.82. The third kappa shape index (κ3) is 3.01. The van der Waals surface area contributed by atoms with Crippen LogP contribution in [0.2, 0.25) is 0 Å². The van der Waals surface area contributed by atoms with Crippen LogP contribution >= 0.6 is 0 Å². The molecule has 8 nitrogen and oxygen atoms in total. The van der Waals surface area contributed by atoms with E-state index in [2.05, 4.69) is 15.2 Å². The first-order valence-corrected chi connectivity index (χ1v) is 6.18. The molecule has 1 saturated heterocycles. The van der Waals surface area contributed by atoms with E-state index in [0.29, 0.717) is 18.8 Å². The highest BCUT2D eigenvalue weighted by atomic mass is 16.4. The Labute approximate surface area is 110 Å². The van der Waals surface area contributed by atoms with Gasteiger partial charge in [0, 0.05) is 13.6 Å². The number of hydrogen-bond acceptors (Lipinski definition) is 4. The molecule has 2 heterocycles. The van der Waals surface area contributed by atoms with Gasteiger partial charge >= 0.3 is 12.0 Å². The Balaban J connectivity index is 2.02. The third-order valence-electron chi connectivity index (χ3n) is 3.21. The van der Waals surface area contributed by atoms with Crippen LogP contribution in [-0.4, -0.2) is 61.7 Å². The first kappa shape index (κ1) is 13.3. The van der Waals surface area contributed by atoms with E-state index in [1.54, 1.807) is 7.05 Å². The molecule has 19 heavy (non-hydrogen) atoms. The lowest BCUT2D eigenvalue weighted by molar-refractivity contribution is -0.143. The maximum atomic E-state index is 12.3. The number of aromatic amines is 1. The van der Waals surface area contributed by atoms with Crippen molar-refractivity contribution in [2.45, 2.75) is 31.8 Å². The van der Waals surface area contributed by atoms with Gasteiger partial charge < -0.3 is 14.9 Å². The van der Waals surface area contributed by atoms with E-state index in [1.165, 1.54) is 16.1 Å². The maximum absolute atomic E-state index is 12.3. The molecule has 0 spiro atoms. The fourth-order valence-corrected chi connectivity index (χ4v) is 2.24. The Bertz CT molecular complexity index is 447. The zero-order valence-corrected chi connectivity index (χ0v) is 10.7. The molecule has 1 aliphatic rings. The molecule has 0 aromatic carbocycles. The molecular weight excluding hydrogens is 250 g/mol. The minimum atomic E-state index is -0.943. The van der Waals surface area contributed by atoms with Gasteiger partial charge in [-0.25, -0.2) is 14.6 Å². The number of piperidine rings is 1. The number of H-pyrrole nitrogens is 1. The molecule has 1 aliphatic heterocycles. The average molecular weight is 267 g/mol. The van der Waals surface area contributed by atoms with Gasteiger partial charge in [-0.15, -0.1) is 0 Å². The normalized spacial score (nSPS) is 19.2. The molecule has 0 radical (unpaired) electrons. The molecule has 2 N–H and O–H groups in total. The van der Waals surface area contributed by atoms with E-state index in [0.717, 1.165) is 12.8 Å². The summed E-state index contributed by atoms with van der Waals surface area (Å²) in [4.78, 5) is 30.2. The summed E-state index contributed by atoms with van der Waals surface area (Å²) in [6.07, 6.45) is 3.56. The van der Waals surface area contributed by atoms with Crippen LogP contribution in [0, 0.1) is 0 Å². The molecule has 0 aliphatic carbocycles. The number of carboxylic acids is 1. The van der Waals surface area contributed by atoms with Gasteiger partial charge in [-0.2, -0.15) is 5.10 Å². The number of carbonyl (C=O) groups excluding carboxylic acids is 1. The van der Waals surface area contributed by atoms with Crippen LogP contribution < -0.4 is 0 Å². The van der Waals surface area contributed by atoms with E-state index >= 15 is 0 Å². The summed E-state index contributed by atoms with van der Waals surface area (Å²) < 4.78 is 0. The molecule has 2 rings (SSSR count). The van der Waals surface area contributed by atoms with Crippen molar-refractivity contribution in [1.29, 1.82) is 0 Å². The zero-order valence-electron chi connectivity index (χ0n) is 10.7. The number of urea groups is 1. The van der Waals surface area contributed by atoms with Gasteiger partial charge in [0.1, 0.15) is 18.2 Å². The minimum absolute atomic E-state index is 0.279. The monoisotopic (exact) mass is 267 g/mol. The molecule has 1 aromatic heterocycles. The van der Waals surface area contributed by atoms with E-state index < -0.39 is 12.0 Å². The van der Waals surface area contributed by atoms with Crippen molar-refractivity contribution >= 4 is 12.0 Å². The van der Waals surface area contributed by atoms with Crippen LogP contribution in [0.5, 0.6) is 0 Å². The molecule has 1 atom stereocenters. The maximum Gasteiger partial charge on any atom is 0.326 e. The second kappa shape index (κ2) is 5.68. The molecule has 1 unspecified atom stereocenters. The quantitative estimate of drug-likeness (QED) is 0.819. The summed E-state index contributed by atoms with van der Waals surface area (Å²) in [5.74, 6) is -0.374. The lowest BCUT2D eigenvalue weighted by Crippen LogP contribution is -2.52. The molecule has 1 aromatic rings.